The number of ether oxygens (including phenoxy) is 2. The molecular formula is C17H26BrN3O3. The molecule has 2 aliphatic heterocycles. The van der Waals surface area contributed by atoms with E-state index in [4.69, 9.17) is 9.47 Å². The van der Waals surface area contributed by atoms with Crippen molar-refractivity contribution in [2.45, 2.75) is 69.7 Å². The number of halogens is 1. The summed E-state index contributed by atoms with van der Waals surface area (Å²) in [7, 11) is 1.97. The first-order chi connectivity index (χ1) is 11.2. The third-order valence-corrected chi connectivity index (χ3v) is 5.01. The quantitative estimate of drug-likeness (QED) is 0.788. The Morgan fingerprint density at radius 1 is 1.42 bits per heavy atom. The van der Waals surface area contributed by atoms with E-state index in [0.29, 0.717) is 12.1 Å². The van der Waals surface area contributed by atoms with E-state index in [9.17, 15) is 4.79 Å². The third-order valence-electron chi connectivity index (χ3n) is 4.63. The topological polar surface area (TPSA) is 65.4 Å². The van der Waals surface area contributed by atoms with Gasteiger partial charge in [0, 0.05) is 25.3 Å². The van der Waals surface area contributed by atoms with E-state index in [1.165, 1.54) is 0 Å². The van der Waals surface area contributed by atoms with E-state index in [-0.39, 0.29) is 12.6 Å². The highest BCUT2D eigenvalue weighted by molar-refractivity contribution is 9.10. The lowest BCUT2D eigenvalue weighted by Gasteiger charge is -2.40. The molecular weight excluding hydrogens is 374 g/mol. The molecule has 1 N–H and O–H groups in total. The predicted molar refractivity (Wildman–Crippen MR) is 93.6 cm³/mol. The number of aryl methyl sites for hydroxylation is 1. The predicted octanol–water partition coefficient (Wildman–Crippen LogP) is 2.65. The van der Waals surface area contributed by atoms with Crippen molar-refractivity contribution < 1.29 is 14.3 Å². The van der Waals surface area contributed by atoms with Gasteiger partial charge >= 0.3 is 5.97 Å². The van der Waals surface area contributed by atoms with Gasteiger partial charge in [0.15, 0.2) is 0 Å². The SMILES string of the molecule is Cn1cc(Br)nc1C1(OCC(=O)OC(C)(C)C)CC2CCC(C1)N2. The minimum atomic E-state index is -0.547. The van der Waals surface area contributed by atoms with Crippen molar-refractivity contribution in [2.75, 3.05) is 6.61 Å². The van der Waals surface area contributed by atoms with Gasteiger partial charge in [0.2, 0.25) is 0 Å². The van der Waals surface area contributed by atoms with E-state index in [2.05, 4.69) is 26.2 Å². The normalized spacial score (nSPS) is 29.7. The number of aromatic nitrogens is 2. The number of fused-ring (bicyclic) bond motifs is 2. The second-order valence-corrected chi connectivity index (χ2v) is 8.73. The van der Waals surface area contributed by atoms with Crippen LogP contribution in [-0.4, -0.2) is 39.8 Å². The Kier molecular flexibility index (Phi) is 4.79. The molecule has 2 fully saturated rings. The molecule has 2 saturated heterocycles. The molecule has 3 rings (SSSR count). The summed E-state index contributed by atoms with van der Waals surface area (Å²) in [5.74, 6) is 0.539. The first kappa shape index (κ1) is 17.9. The number of carbonyl (C=O) groups excluding carboxylic acids is 1. The summed E-state index contributed by atoms with van der Waals surface area (Å²) >= 11 is 3.44. The molecule has 24 heavy (non-hydrogen) atoms. The molecule has 2 aliphatic rings. The zero-order valence-corrected chi connectivity index (χ0v) is 16.4. The molecule has 6 nitrogen and oxygen atoms in total. The van der Waals surface area contributed by atoms with Crippen LogP contribution in [0.15, 0.2) is 10.8 Å². The Bertz CT molecular complexity index is 611. The van der Waals surface area contributed by atoms with Crippen molar-refractivity contribution >= 4 is 21.9 Å². The van der Waals surface area contributed by atoms with Crippen LogP contribution in [0.1, 0.15) is 52.3 Å². The number of nitrogens with zero attached hydrogens (tertiary/aromatic N) is 2. The van der Waals surface area contributed by atoms with Crippen molar-refractivity contribution in [1.29, 1.82) is 0 Å². The zero-order chi connectivity index (χ0) is 17.5. The van der Waals surface area contributed by atoms with Crippen molar-refractivity contribution in [3.8, 4) is 0 Å². The molecule has 1 aromatic rings. The van der Waals surface area contributed by atoms with Gasteiger partial charge in [-0.05, 0) is 62.4 Å². The Morgan fingerprint density at radius 3 is 2.54 bits per heavy atom. The highest BCUT2D eigenvalue weighted by atomic mass is 79.9. The second kappa shape index (κ2) is 6.42. The lowest BCUT2D eigenvalue weighted by atomic mass is 9.86. The lowest BCUT2D eigenvalue weighted by Crippen LogP contribution is -2.50. The van der Waals surface area contributed by atoms with Gasteiger partial charge in [0.25, 0.3) is 0 Å². The van der Waals surface area contributed by atoms with Crippen molar-refractivity contribution in [3.63, 3.8) is 0 Å². The fraction of sp³-hybridized carbons (Fsp3) is 0.765. The highest BCUT2D eigenvalue weighted by Gasteiger charge is 2.48. The Hall–Kier alpha value is -0.920. The summed E-state index contributed by atoms with van der Waals surface area (Å²) in [5.41, 5.74) is -1.05. The summed E-state index contributed by atoms with van der Waals surface area (Å²) in [6, 6.07) is 0.829. The number of hydrogen-bond donors (Lipinski definition) is 1. The number of imidazole rings is 1. The molecule has 0 aromatic carbocycles. The van der Waals surface area contributed by atoms with E-state index >= 15 is 0 Å². The fourth-order valence-electron chi connectivity index (χ4n) is 3.89. The summed E-state index contributed by atoms with van der Waals surface area (Å²) in [6.45, 7) is 5.53. The molecule has 0 spiro atoms. The standard InChI is InChI=1S/C17H26BrN3O3/c1-16(2,3)24-14(22)10-23-17(15-20-13(18)9-21(15)4)7-11-5-6-12(8-17)19-11/h9,11-12,19H,5-8,10H2,1-4H3. The fourth-order valence-corrected chi connectivity index (χ4v) is 4.36. The Labute approximate surface area is 151 Å². The number of hydrogen-bond acceptors (Lipinski definition) is 5. The first-order valence-electron chi connectivity index (χ1n) is 8.48. The number of nitrogens with one attached hydrogen (secondary N) is 1. The van der Waals surface area contributed by atoms with Crippen LogP contribution in [0.3, 0.4) is 0 Å². The molecule has 7 heteroatoms. The number of rotatable bonds is 4. The number of carbonyl (C=O) groups is 1. The molecule has 0 aliphatic carbocycles. The Balaban J connectivity index is 1.81. The van der Waals surface area contributed by atoms with Crippen LogP contribution in [0.4, 0.5) is 0 Å². The van der Waals surface area contributed by atoms with E-state index in [1.54, 1.807) is 0 Å². The van der Waals surface area contributed by atoms with Gasteiger partial charge in [-0.2, -0.15) is 0 Å². The Morgan fingerprint density at radius 2 is 2.04 bits per heavy atom. The van der Waals surface area contributed by atoms with Crippen molar-refractivity contribution in [3.05, 3.63) is 16.6 Å². The lowest BCUT2D eigenvalue weighted by molar-refractivity contribution is -0.172. The third kappa shape index (κ3) is 3.83. The van der Waals surface area contributed by atoms with Crippen molar-refractivity contribution in [2.24, 2.45) is 7.05 Å². The van der Waals surface area contributed by atoms with Crippen LogP contribution in [-0.2, 0) is 26.9 Å². The van der Waals surface area contributed by atoms with Gasteiger partial charge < -0.3 is 19.4 Å². The average molecular weight is 400 g/mol. The molecule has 134 valence electrons. The maximum atomic E-state index is 12.1. The van der Waals surface area contributed by atoms with Crippen LogP contribution < -0.4 is 5.32 Å². The summed E-state index contributed by atoms with van der Waals surface area (Å²) in [4.78, 5) is 16.8. The van der Waals surface area contributed by atoms with Gasteiger partial charge in [0.05, 0.1) is 0 Å². The molecule has 0 amide bonds. The minimum Gasteiger partial charge on any atom is -0.458 e. The smallest absolute Gasteiger partial charge is 0.332 e. The maximum Gasteiger partial charge on any atom is 0.332 e. The van der Waals surface area contributed by atoms with Gasteiger partial charge in [-0.15, -0.1) is 0 Å². The van der Waals surface area contributed by atoms with Crippen LogP contribution >= 0.6 is 15.9 Å². The molecule has 1 aromatic heterocycles. The monoisotopic (exact) mass is 399 g/mol. The van der Waals surface area contributed by atoms with Crippen LogP contribution in [0.25, 0.3) is 0 Å². The molecule has 2 bridgehead atoms. The van der Waals surface area contributed by atoms with Gasteiger partial charge in [-0.3, -0.25) is 0 Å². The van der Waals surface area contributed by atoms with Crippen LogP contribution in [0.2, 0.25) is 0 Å². The first-order valence-corrected chi connectivity index (χ1v) is 9.27. The second-order valence-electron chi connectivity index (χ2n) is 7.91. The minimum absolute atomic E-state index is 0.0544. The largest absolute Gasteiger partial charge is 0.458 e. The highest BCUT2D eigenvalue weighted by Crippen LogP contribution is 2.43. The van der Waals surface area contributed by atoms with Gasteiger partial charge in [0.1, 0.15) is 28.2 Å². The number of piperidine rings is 1. The average Bonchev–Trinajstić information content (AvgIpc) is 2.97. The number of esters is 1. The molecule has 0 radical (unpaired) electrons. The molecule has 2 unspecified atom stereocenters. The van der Waals surface area contributed by atoms with Crippen LogP contribution in [0, 0.1) is 0 Å². The zero-order valence-electron chi connectivity index (χ0n) is 14.8. The van der Waals surface area contributed by atoms with Crippen molar-refractivity contribution in [1.82, 2.24) is 14.9 Å². The summed E-state index contributed by atoms with van der Waals surface area (Å²) in [5, 5.41) is 3.62. The van der Waals surface area contributed by atoms with E-state index in [0.717, 1.165) is 36.1 Å². The molecule has 3 heterocycles. The van der Waals surface area contributed by atoms with E-state index < -0.39 is 11.2 Å². The molecule has 0 saturated carbocycles. The van der Waals surface area contributed by atoms with Crippen LogP contribution in [0.5, 0.6) is 0 Å². The summed E-state index contributed by atoms with van der Waals surface area (Å²) in [6.07, 6.45) is 5.87. The van der Waals surface area contributed by atoms with Gasteiger partial charge in [-0.25, -0.2) is 9.78 Å². The molecule has 2 atom stereocenters. The maximum absolute atomic E-state index is 12.1. The summed E-state index contributed by atoms with van der Waals surface area (Å²) < 4.78 is 14.4. The van der Waals surface area contributed by atoms with Gasteiger partial charge in [-0.1, -0.05) is 0 Å². The van der Waals surface area contributed by atoms with E-state index in [1.807, 2.05) is 38.6 Å².